The second-order valence-corrected chi connectivity index (χ2v) is 13.4. The van der Waals surface area contributed by atoms with Crippen LogP contribution in [0.2, 0.25) is 0 Å². The van der Waals surface area contributed by atoms with E-state index in [0.717, 1.165) is 32.1 Å². The zero-order chi connectivity index (χ0) is 39.2. The van der Waals surface area contributed by atoms with Crippen molar-refractivity contribution in [1.82, 2.24) is 0 Å². The van der Waals surface area contributed by atoms with Gasteiger partial charge in [0.05, 0.1) is 23.3 Å². The molecule has 0 saturated carbocycles. The molecule has 55 heavy (non-hydrogen) atoms. The SMILES string of the molecule is CCCCCCCCO[C@@H]1O[C@H](COC(=O)c2ccccc2)[C@@H](OC(=O)c2ccccc2)[C@H](O[C@H]2O[C@H](CO)[C@@H](O)[C@H](O)[C@@H]2O)[C@@H]1OC(=O)c1ccccc1. The first-order chi connectivity index (χ1) is 26.7. The van der Waals surface area contributed by atoms with E-state index < -0.39 is 92.5 Å². The predicted octanol–water partition coefficient (Wildman–Crippen LogP) is 3.58. The van der Waals surface area contributed by atoms with Crippen LogP contribution in [0.4, 0.5) is 0 Å². The number of benzene rings is 3. The number of unbranched alkanes of at least 4 members (excludes halogenated alkanes) is 5. The van der Waals surface area contributed by atoms with Crippen molar-refractivity contribution in [3.8, 4) is 0 Å². The zero-order valence-electron chi connectivity index (χ0n) is 30.7. The number of ether oxygens (including phenoxy) is 7. The number of hydrogen-bond donors (Lipinski definition) is 4. The third-order valence-corrected chi connectivity index (χ3v) is 9.40. The average Bonchev–Trinajstić information content (AvgIpc) is 3.22. The Morgan fingerprint density at radius 1 is 0.582 bits per heavy atom. The molecule has 14 nitrogen and oxygen atoms in total. The summed E-state index contributed by atoms with van der Waals surface area (Å²) >= 11 is 0. The highest BCUT2D eigenvalue weighted by Crippen LogP contribution is 2.34. The Labute approximate surface area is 319 Å². The highest BCUT2D eigenvalue weighted by molar-refractivity contribution is 5.90. The lowest BCUT2D eigenvalue weighted by molar-refractivity contribution is -0.358. The Morgan fingerprint density at radius 2 is 1.09 bits per heavy atom. The molecule has 2 fully saturated rings. The van der Waals surface area contributed by atoms with E-state index in [1.165, 1.54) is 24.3 Å². The minimum atomic E-state index is -1.88. The Hall–Kier alpha value is -4.25. The van der Waals surface area contributed by atoms with Gasteiger partial charge in [0.1, 0.15) is 43.2 Å². The third kappa shape index (κ3) is 11.4. The van der Waals surface area contributed by atoms with E-state index in [4.69, 9.17) is 33.2 Å². The van der Waals surface area contributed by atoms with Gasteiger partial charge in [0.2, 0.25) is 0 Å². The standard InChI is InChI=1S/C41H50O14/c1-2-3-4-5-6-16-23-49-41-36(54-39(48)28-21-14-9-15-22-28)35(55-40-33(45)32(44)31(43)29(24-42)51-40)34(53-38(47)27-19-12-8-13-20-27)30(52-41)25-50-37(46)26-17-10-7-11-18-26/h7-15,17-22,29-36,40-45H,2-6,16,23-25H2,1H3/t29-,30-,31-,32+,33+,34-,35+,36+,40-,41-/m1/s1. The molecule has 0 aromatic heterocycles. The fourth-order valence-electron chi connectivity index (χ4n) is 6.33. The number of carbonyl (C=O) groups is 3. The van der Waals surface area contributed by atoms with E-state index in [2.05, 4.69) is 6.92 Å². The Kier molecular flexibility index (Phi) is 16.1. The van der Waals surface area contributed by atoms with Crippen molar-refractivity contribution in [3.63, 3.8) is 0 Å². The molecule has 0 spiro atoms. The van der Waals surface area contributed by atoms with Gasteiger partial charge in [-0.15, -0.1) is 0 Å². The first-order valence-electron chi connectivity index (χ1n) is 18.7. The van der Waals surface area contributed by atoms with Gasteiger partial charge in [-0.1, -0.05) is 93.6 Å². The van der Waals surface area contributed by atoms with Crippen molar-refractivity contribution in [3.05, 3.63) is 108 Å². The van der Waals surface area contributed by atoms with Gasteiger partial charge in [0.25, 0.3) is 0 Å². The normalized spacial score (nSPS) is 27.9. The number of rotatable bonds is 18. The summed E-state index contributed by atoms with van der Waals surface area (Å²) in [4.78, 5) is 40.5. The van der Waals surface area contributed by atoms with E-state index in [0.29, 0.717) is 6.42 Å². The Balaban J connectivity index is 1.52. The summed E-state index contributed by atoms with van der Waals surface area (Å²) in [6.45, 7) is 1.04. The van der Waals surface area contributed by atoms with Crippen molar-refractivity contribution < 1.29 is 68.0 Å². The van der Waals surface area contributed by atoms with E-state index in [1.54, 1.807) is 66.7 Å². The molecule has 0 amide bonds. The highest BCUT2D eigenvalue weighted by Gasteiger charge is 2.55. The molecular weight excluding hydrogens is 716 g/mol. The quantitative estimate of drug-likeness (QED) is 0.0833. The van der Waals surface area contributed by atoms with E-state index in [-0.39, 0.29) is 23.3 Å². The molecule has 3 aromatic carbocycles. The molecule has 10 atom stereocenters. The van der Waals surface area contributed by atoms with Crippen molar-refractivity contribution in [2.45, 2.75) is 107 Å². The highest BCUT2D eigenvalue weighted by atomic mass is 16.8. The maximum Gasteiger partial charge on any atom is 0.338 e. The lowest BCUT2D eigenvalue weighted by atomic mass is 9.96. The molecule has 0 radical (unpaired) electrons. The molecule has 0 aliphatic carbocycles. The molecule has 4 N–H and O–H groups in total. The summed E-state index contributed by atoms with van der Waals surface area (Å²) in [5.74, 6) is -2.35. The van der Waals surface area contributed by atoms with Crippen molar-refractivity contribution in [2.75, 3.05) is 19.8 Å². The summed E-state index contributed by atoms with van der Waals surface area (Å²) in [7, 11) is 0. The Bertz CT molecular complexity index is 1610. The van der Waals surface area contributed by atoms with Gasteiger partial charge in [-0.3, -0.25) is 0 Å². The molecule has 5 rings (SSSR count). The van der Waals surface area contributed by atoms with Crippen molar-refractivity contribution in [1.29, 1.82) is 0 Å². The second-order valence-electron chi connectivity index (χ2n) is 13.4. The molecule has 2 heterocycles. The topological polar surface area (TPSA) is 197 Å². The third-order valence-electron chi connectivity index (χ3n) is 9.40. The maximum absolute atomic E-state index is 13.7. The van der Waals surface area contributed by atoms with Crippen LogP contribution in [-0.2, 0) is 33.2 Å². The van der Waals surface area contributed by atoms with Gasteiger partial charge in [-0.2, -0.15) is 0 Å². The van der Waals surface area contributed by atoms with Gasteiger partial charge in [0.15, 0.2) is 24.8 Å². The number of carbonyl (C=O) groups excluding carboxylic acids is 3. The lowest BCUT2D eigenvalue weighted by Crippen LogP contribution is -2.66. The average molecular weight is 767 g/mol. The van der Waals surface area contributed by atoms with Crippen LogP contribution in [0.15, 0.2) is 91.0 Å². The van der Waals surface area contributed by atoms with Crippen LogP contribution in [-0.4, -0.2) is 120 Å². The smallest absolute Gasteiger partial charge is 0.338 e. The minimum absolute atomic E-state index is 0.147. The van der Waals surface area contributed by atoms with E-state index >= 15 is 0 Å². The number of aliphatic hydroxyl groups excluding tert-OH is 4. The first kappa shape index (κ1) is 41.9. The molecule has 2 aliphatic heterocycles. The summed E-state index contributed by atoms with van der Waals surface area (Å²) in [6, 6.07) is 24.3. The summed E-state index contributed by atoms with van der Waals surface area (Å²) in [6.07, 6.45) is -10.2. The molecule has 0 unspecified atom stereocenters. The van der Waals surface area contributed by atoms with Gasteiger partial charge in [-0.25, -0.2) is 14.4 Å². The first-order valence-corrected chi connectivity index (χ1v) is 18.7. The monoisotopic (exact) mass is 766 g/mol. The lowest BCUT2D eigenvalue weighted by Gasteiger charge is -2.47. The van der Waals surface area contributed by atoms with Gasteiger partial charge in [0, 0.05) is 6.61 Å². The van der Waals surface area contributed by atoms with Gasteiger partial charge < -0.3 is 53.6 Å². The predicted molar refractivity (Wildman–Crippen MR) is 195 cm³/mol. The summed E-state index contributed by atoms with van der Waals surface area (Å²) in [5, 5.41) is 42.1. The largest absolute Gasteiger partial charge is 0.459 e. The molecule has 2 aliphatic rings. The fourth-order valence-corrected chi connectivity index (χ4v) is 6.33. The molecule has 3 aromatic rings. The fraction of sp³-hybridized carbons (Fsp3) is 0.488. The molecule has 0 bridgehead atoms. The summed E-state index contributed by atoms with van der Waals surface area (Å²) < 4.78 is 42.4. The Morgan fingerprint density at radius 3 is 1.65 bits per heavy atom. The zero-order valence-corrected chi connectivity index (χ0v) is 30.7. The van der Waals surface area contributed by atoms with E-state index in [1.807, 2.05) is 0 Å². The molecule has 298 valence electrons. The van der Waals surface area contributed by atoms with Crippen LogP contribution in [0.5, 0.6) is 0 Å². The summed E-state index contributed by atoms with van der Waals surface area (Å²) in [5.41, 5.74) is 0.560. The van der Waals surface area contributed by atoms with Crippen molar-refractivity contribution >= 4 is 17.9 Å². The van der Waals surface area contributed by atoms with Crippen molar-refractivity contribution in [2.24, 2.45) is 0 Å². The van der Waals surface area contributed by atoms with Crippen LogP contribution in [0, 0.1) is 0 Å². The van der Waals surface area contributed by atoms with Crippen LogP contribution in [0.1, 0.15) is 76.5 Å². The van der Waals surface area contributed by atoms with Gasteiger partial charge >= 0.3 is 17.9 Å². The van der Waals surface area contributed by atoms with Crippen LogP contribution in [0.3, 0.4) is 0 Å². The number of esters is 3. The minimum Gasteiger partial charge on any atom is -0.459 e. The van der Waals surface area contributed by atoms with Crippen LogP contribution in [0.25, 0.3) is 0 Å². The van der Waals surface area contributed by atoms with Crippen LogP contribution < -0.4 is 0 Å². The van der Waals surface area contributed by atoms with E-state index in [9.17, 15) is 34.8 Å². The number of hydrogen-bond acceptors (Lipinski definition) is 14. The molecule has 2 saturated heterocycles. The number of aliphatic hydroxyl groups is 4. The maximum atomic E-state index is 13.7. The second kappa shape index (κ2) is 21.2. The van der Waals surface area contributed by atoms with Crippen LogP contribution >= 0.6 is 0 Å². The van der Waals surface area contributed by atoms with Gasteiger partial charge in [-0.05, 0) is 42.8 Å². The molecule has 14 heteroatoms. The molecular formula is C41H50O14.